The number of hydrogen-bond donors (Lipinski definition) is 0. The first-order chi connectivity index (χ1) is 25.4. The van der Waals surface area contributed by atoms with Gasteiger partial charge in [-0.2, -0.15) is 0 Å². The number of halogens is 6. The number of carbonyl (C=O) groups is 2. The molecule has 0 aromatic rings. The van der Waals surface area contributed by atoms with Crippen LogP contribution >= 0.6 is 0 Å². The Morgan fingerprint density at radius 3 is 2.00 bits per heavy atom. The Bertz CT molecular complexity index is 1180. The smallest absolute Gasteiger partial charge is 0.403 e. The Morgan fingerprint density at radius 2 is 1.55 bits per heavy atom. The van der Waals surface area contributed by atoms with Gasteiger partial charge in [0, 0.05) is 26.7 Å². The van der Waals surface area contributed by atoms with Crippen LogP contribution in [0.15, 0.2) is 25.0 Å². The Balaban J connectivity index is 3.31. The van der Waals surface area contributed by atoms with Crippen molar-refractivity contribution in [3.8, 4) is 0 Å². The molecule has 0 radical (unpaired) electrons. The maximum absolute atomic E-state index is 18.3. The molecular formula is C34H52F6O13. The zero-order valence-electron chi connectivity index (χ0n) is 30.8. The second-order valence-corrected chi connectivity index (χ2v) is 12.3. The highest BCUT2D eigenvalue weighted by atomic mass is 19.3. The van der Waals surface area contributed by atoms with Gasteiger partial charge in [-0.05, 0) is 68.9 Å². The Hall–Kier alpha value is -2.52. The fourth-order valence-electron chi connectivity index (χ4n) is 6.53. The van der Waals surface area contributed by atoms with E-state index in [0.717, 1.165) is 19.4 Å². The van der Waals surface area contributed by atoms with Crippen LogP contribution in [0.1, 0.15) is 52.4 Å². The molecule has 0 aromatic heterocycles. The molecule has 0 saturated heterocycles. The molecule has 0 bridgehead atoms. The lowest BCUT2D eigenvalue weighted by atomic mass is 9.58. The van der Waals surface area contributed by atoms with E-state index in [1.807, 2.05) is 0 Å². The summed E-state index contributed by atoms with van der Waals surface area (Å²) in [6.07, 6.45) is 3.00. The maximum Gasteiger partial charge on any atom is 0.403 e. The van der Waals surface area contributed by atoms with E-state index in [2.05, 4.69) is 11.5 Å². The van der Waals surface area contributed by atoms with Crippen molar-refractivity contribution in [1.82, 2.24) is 0 Å². The molecule has 2 rings (SSSR count). The minimum absolute atomic E-state index is 0.0351. The van der Waals surface area contributed by atoms with E-state index in [4.69, 9.17) is 47.4 Å². The molecule has 0 heterocycles. The normalized spacial score (nSPS) is 21.6. The van der Waals surface area contributed by atoms with Gasteiger partial charge in [0.2, 0.25) is 11.3 Å². The van der Waals surface area contributed by atoms with Crippen molar-refractivity contribution >= 4 is 11.9 Å². The lowest BCUT2D eigenvalue weighted by Crippen LogP contribution is -2.77. The highest BCUT2D eigenvalue weighted by molar-refractivity contribution is 5.87. The summed E-state index contributed by atoms with van der Waals surface area (Å²) in [6.45, 7) is -3.61. The third kappa shape index (κ3) is 9.31. The number of carbonyl (C=O) groups excluding carboxylic acids is 2. The van der Waals surface area contributed by atoms with E-state index >= 15 is 13.3 Å². The Kier molecular flexibility index (Phi) is 18.4. The minimum atomic E-state index is -3.82. The zero-order chi connectivity index (χ0) is 39.8. The summed E-state index contributed by atoms with van der Waals surface area (Å²) in [5, 5.41) is 0. The van der Waals surface area contributed by atoms with Crippen molar-refractivity contribution in [3.63, 3.8) is 0 Å². The fraction of sp³-hybridized carbons (Fsp3) is 0.824. The molecule has 2 aliphatic carbocycles. The summed E-state index contributed by atoms with van der Waals surface area (Å²) in [7, 11) is 2.67. The molecule has 6 unspecified atom stereocenters. The average Bonchev–Trinajstić information content (AvgIpc) is 4.10. The standard InChI is InChI=1S/C34H52F6O13/c1-7-29(25-11-12-25,16-19-46-8-2)51-34(49-20-17-35,33(45-6,53-40)50-24-38)52-31(22-47-23-37,27(41)44-5)30(21-36,15-10-18-43-4)32(39,26-13-14-26)28(42)48-9-3/h7,16,19,25-26H,1,8-15,17-18,20-24H2,2-6H3. The highest BCUT2D eigenvalue weighted by Gasteiger charge is 2.80. The number of methoxy groups -OCH3 is 3. The molecule has 19 heteroatoms. The fourth-order valence-corrected chi connectivity index (χ4v) is 6.53. The molecule has 0 aromatic carbocycles. The van der Waals surface area contributed by atoms with Gasteiger partial charge < -0.3 is 37.9 Å². The maximum atomic E-state index is 18.3. The van der Waals surface area contributed by atoms with E-state index in [9.17, 15) is 22.8 Å². The molecule has 13 nitrogen and oxygen atoms in total. The largest absolute Gasteiger partial charge is 0.502 e. The molecule has 308 valence electrons. The molecule has 0 N–H and O–H groups in total. The lowest BCUT2D eigenvalue weighted by Gasteiger charge is -2.56. The summed E-state index contributed by atoms with van der Waals surface area (Å²) < 4.78 is 146. The van der Waals surface area contributed by atoms with Crippen molar-refractivity contribution < 1.29 is 88.4 Å². The van der Waals surface area contributed by atoms with Crippen molar-refractivity contribution in [1.29, 1.82) is 0 Å². The first kappa shape index (κ1) is 46.6. The second-order valence-electron chi connectivity index (χ2n) is 12.3. The van der Waals surface area contributed by atoms with Crippen LogP contribution < -0.4 is 0 Å². The predicted octanol–water partition coefficient (Wildman–Crippen LogP) is 5.61. The molecule has 0 amide bonds. The van der Waals surface area contributed by atoms with Gasteiger partial charge >= 0.3 is 23.9 Å². The van der Waals surface area contributed by atoms with Gasteiger partial charge in [-0.3, -0.25) is 13.9 Å². The van der Waals surface area contributed by atoms with Gasteiger partial charge in [-0.1, -0.05) is 12.7 Å². The van der Waals surface area contributed by atoms with Crippen molar-refractivity contribution in [2.24, 2.45) is 17.3 Å². The van der Waals surface area contributed by atoms with Gasteiger partial charge in [0.1, 0.15) is 19.0 Å². The third-order valence-electron chi connectivity index (χ3n) is 9.36. The van der Waals surface area contributed by atoms with Crippen LogP contribution in [-0.2, 0) is 61.9 Å². The van der Waals surface area contributed by atoms with Crippen molar-refractivity contribution in [2.75, 3.05) is 81.4 Å². The van der Waals surface area contributed by atoms with E-state index in [-0.39, 0.29) is 32.5 Å². The molecule has 2 saturated carbocycles. The summed E-state index contributed by atoms with van der Waals surface area (Å²) in [5.74, 6) is -13.0. The summed E-state index contributed by atoms with van der Waals surface area (Å²) in [4.78, 5) is 32.3. The van der Waals surface area contributed by atoms with Crippen LogP contribution in [0, 0.1) is 17.3 Å². The molecule has 53 heavy (non-hydrogen) atoms. The number of rotatable bonds is 31. The molecule has 0 spiro atoms. The molecule has 6 atom stereocenters. The summed E-state index contributed by atoms with van der Waals surface area (Å²) in [6, 6.07) is 0. The van der Waals surface area contributed by atoms with Crippen LogP contribution in [0.2, 0.25) is 0 Å². The van der Waals surface area contributed by atoms with Gasteiger partial charge in [-0.15, -0.1) is 4.94 Å². The van der Waals surface area contributed by atoms with Gasteiger partial charge in [0.25, 0.3) is 0 Å². The molecular weight excluding hydrogens is 730 g/mol. The molecule has 2 fully saturated rings. The van der Waals surface area contributed by atoms with E-state index in [1.165, 1.54) is 20.1 Å². The number of esters is 2. The van der Waals surface area contributed by atoms with Gasteiger partial charge in [0.05, 0.1) is 45.2 Å². The lowest BCUT2D eigenvalue weighted by molar-refractivity contribution is -0.609. The Morgan fingerprint density at radius 1 is 0.868 bits per heavy atom. The summed E-state index contributed by atoms with van der Waals surface area (Å²) >= 11 is 0. The quantitative estimate of drug-likeness (QED) is 0.0216. The van der Waals surface area contributed by atoms with Crippen LogP contribution in [0.25, 0.3) is 0 Å². The van der Waals surface area contributed by atoms with E-state index in [0.29, 0.717) is 20.0 Å². The van der Waals surface area contributed by atoms with Crippen molar-refractivity contribution in [2.45, 2.75) is 81.2 Å². The predicted molar refractivity (Wildman–Crippen MR) is 172 cm³/mol. The van der Waals surface area contributed by atoms with E-state index in [1.54, 1.807) is 6.92 Å². The topological polar surface area (TPSA) is 136 Å². The van der Waals surface area contributed by atoms with Crippen LogP contribution in [-0.4, -0.2) is 122 Å². The second kappa shape index (κ2) is 21.0. The summed E-state index contributed by atoms with van der Waals surface area (Å²) in [5.41, 5.74) is -12.3. The van der Waals surface area contributed by atoms with E-state index < -0.39 is 111 Å². The monoisotopic (exact) mass is 782 g/mol. The first-order valence-corrected chi connectivity index (χ1v) is 17.1. The Labute approximate surface area is 305 Å². The highest BCUT2D eigenvalue weighted by Crippen LogP contribution is 2.62. The van der Waals surface area contributed by atoms with Gasteiger partial charge in [-0.25, -0.2) is 27.2 Å². The minimum Gasteiger partial charge on any atom is -0.502 e. The SMILES string of the molecule is C=CC(C=COCC)(OC(OCCF)(OC(COCF)(C(=O)OC)C(CF)(CCCOC)C(F)(C(=O)OCC)C1CC1)C(OC)(OF)OCF)C1CC1. The van der Waals surface area contributed by atoms with Crippen LogP contribution in [0.5, 0.6) is 0 Å². The molecule has 0 aliphatic heterocycles. The zero-order valence-corrected chi connectivity index (χ0v) is 30.8. The third-order valence-corrected chi connectivity index (χ3v) is 9.36. The van der Waals surface area contributed by atoms with Crippen LogP contribution in [0.4, 0.5) is 26.5 Å². The number of hydrogen-bond acceptors (Lipinski definition) is 13. The van der Waals surface area contributed by atoms with Crippen LogP contribution in [0.3, 0.4) is 0 Å². The first-order valence-electron chi connectivity index (χ1n) is 17.1. The molecule has 2 aliphatic rings. The van der Waals surface area contributed by atoms with Crippen molar-refractivity contribution in [3.05, 3.63) is 25.0 Å². The average molecular weight is 783 g/mol. The number of ether oxygens (including phenoxy) is 10. The number of alkyl halides is 5. The van der Waals surface area contributed by atoms with Gasteiger partial charge in [0.15, 0.2) is 13.7 Å².